The van der Waals surface area contributed by atoms with Gasteiger partial charge in [-0.05, 0) is 11.6 Å². The summed E-state index contributed by atoms with van der Waals surface area (Å²) in [7, 11) is 1.88. The fourth-order valence-corrected chi connectivity index (χ4v) is 3.85. The lowest BCUT2D eigenvalue weighted by molar-refractivity contribution is 0.0991. The topological polar surface area (TPSA) is 63.6 Å². The van der Waals surface area contributed by atoms with Crippen LogP contribution in [0.15, 0.2) is 72.3 Å². The van der Waals surface area contributed by atoms with Gasteiger partial charge in [0.25, 0.3) is 0 Å². The number of hydrogen-bond donors (Lipinski definition) is 1. The van der Waals surface area contributed by atoms with Gasteiger partial charge in [0.2, 0.25) is 0 Å². The average Bonchev–Trinajstić information content (AvgIpc) is 3.26. The first-order valence-corrected chi connectivity index (χ1v) is 8.78. The van der Waals surface area contributed by atoms with Gasteiger partial charge in [-0.3, -0.25) is 4.79 Å². The van der Waals surface area contributed by atoms with Crippen molar-refractivity contribution < 1.29 is 4.79 Å². The van der Waals surface area contributed by atoms with Crippen LogP contribution in [0.1, 0.15) is 21.2 Å². The Balaban J connectivity index is 1.77. The first-order chi connectivity index (χ1) is 12.2. The van der Waals surface area contributed by atoms with Crippen LogP contribution in [0.3, 0.4) is 0 Å². The van der Waals surface area contributed by atoms with E-state index < -0.39 is 0 Å². The Kier molecular flexibility index (Phi) is 4.11. The van der Waals surface area contributed by atoms with Gasteiger partial charge in [-0.2, -0.15) is 0 Å². The number of ketones is 1. The molecule has 1 N–H and O–H groups in total. The highest BCUT2D eigenvalue weighted by Gasteiger charge is 2.27. The van der Waals surface area contributed by atoms with Gasteiger partial charge in [-0.25, -0.2) is 0 Å². The van der Waals surface area contributed by atoms with E-state index in [0.29, 0.717) is 10.7 Å². The molecule has 0 unspecified atom stereocenters. The number of benzene rings is 2. The van der Waals surface area contributed by atoms with E-state index in [2.05, 4.69) is 15.2 Å². The number of nitrogens with zero attached hydrogens (tertiary/aromatic N) is 3. The molecule has 25 heavy (non-hydrogen) atoms. The summed E-state index contributed by atoms with van der Waals surface area (Å²) < 4.78 is 1.82. The number of aromatic amines is 1. The van der Waals surface area contributed by atoms with Crippen LogP contribution in [0.2, 0.25) is 0 Å². The summed E-state index contributed by atoms with van der Waals surface area (Å²) in [6, 6.07) is 17.6. The molecule has 0 radical (unpaired) electrons. The SMILES string of the molecule is Cn1cnnc1S[C@H](C(=O)c1c[nH]c2ccccc12)c1ccccc1. The number of hydrogen-bond acceptors (Lipinski definition) is 4. The number of H-pyrrole nitrogens is 1. The summed E-state index contributed by atoms with van der Waals surface area (Å²) in [6.07, 6.45) is 3.43. The molecule has 1 atom stereocenters. The summed E-state index contributed by atoms with van der Waals surface area (Å²) in [4.78, 5) is 16.5. The zero-order chi connectivity index (χ0) is 17.2. The second kappa shape index (κ2) is 6.57. The number of aromatic nitrogens is 4. The van der Waals surface area contributed by atoms with Crippen molar-refractivity contribution >= 4 is 28.4 Å². The molecule has 2 aromatic carbocycles. The van der Waals surface area contributed by atoms with Gasteiger partial charge in [0.05, 0.1) is 0 Å². The Hall–Kier alpha value is -2.86. The van der Waals surface area contributed by atoms with Crippen molar-refractivity contribution in [2.75, 3.05) is 0 Å². The molecular weight excluding hydrogens is 332 g/mol. The number of carbonyl (C=O) groups excluding carboxylic acids is 1. The number of rotatable bonds is 5. The van der Waals surface area contributed by atoms with Crippen LogP contribution in [0.4, 0.5) is 0 Å². The minimum atomic E-state index is -0.386. The fourth-order valence-electron chi connectivity index (χ4n) is 2.80. The number of Topliss-reactive ketones (excluding diaryl/α,β-unsaturated/α-hetero) is 1. The maximum Gasteiger partial charge on any atom is 0.191 e. The highest BCUT2D eigenvalue weighted by atomic mass is 32.2. The van der Waals surface area contributed by atoms with Gasteiger partial charge >= 0.3 is 0 Å². The van der Waals surface area contributed by atoms with Crippen LogP contribution in [-0.4, -0.2) is 25.5 Å². The van der Waals surface area contributed by atoms with E-state index in [0.717, 1.165) is 16.5 Å². The van der Waals surface area contributed by atoms with Crippen LogP contribution < -0.4 is 0 Å². The molecule has 0 aliphatic carbocycles. The van der Waals surface area contributed by atoms with Crippen molar-refractivity contribution in [3.05, 3.63) is 78.2 Å². The smallest absolute Gasteiger partial charge is 0.191 e. The molecule has 0 aliphatic heterocycles. The first-order valence-electron chi connectivity index (χ1n) is 7.90. The molecule has 0 saturated carbocycles. The molecule has 5 nitrogen and oxygen atoms in total. The third kappa shape index (κ3) is 2.96. The largest absolute Gasteiger partial charge is 0.360 e. The summed E-state index contributed by atoms with van der Waals surface area (Å²) in [5, 5.41) is 9.30. The van der Waals surface area contributed by atoms with E-state index in [-0.39, 0.29) is 11.0 Å². The Bertz CT molecular complexity index is 1020. The molecule has 0 fully saturated rings. The quantitative estimate of drug-likeness (QED) is 0.437. The Morgan fingerprint density at radius 1 is 1.12 bits per heavy atom. The van der Waals surface area contributed by atoms with E-state index in [4.69, 9.17) is 0 Å². The third-order valence-corrected chi connectivity index (χ3v) is 5.39. The normalized spacial score (nSPS) is 12.4. The molecule has 124 valence electrons. The Morgan fingerprint density at radius 2 is 1.88 bits per heavy atom. The summed E-state index contributed by atoms with van der Waals surface area (Å²) >= 11 is 1.42. The lowest BCUT2D eigenvalue weighted by Gasteiger charge is -2.15. The van der Waals surface area contributed by atoms with Crippen molar-refractivity contribution in [2.45, 2.75) is 10.4 Å². The summed E-state index contributed by atoms with van der Waals surface area (Å²) in [5.74, 6) is 0.0525. The Morgan fingerprint density at radius 3 is 2.64 bits per heavy atom. The zero-order valence-corrected chi connectivity index (χ0v) is 14.4. The number of thioether (sulfide) groups is 1. The molecule has 0 spiro atoms. The van der Waals surface area contributed by atoms with Gasteiger partial charge < -0.3 is 9.55 Å². The minimum absolute atomic E-state index is 0.0525. The molecule has 4 aromatic rings. The molecule has 2 aromatic heterocycles. The van der Waals surface area contributed by atoms with Crippen LogP contribution in [0.25, 0.3) is 10.9 Å². The van der Waals surface area contributed by atoms with Crippen LogP contribution >= 0.6 is 11.8 Å². The summed E-state index contributed by atoms with van der Waals surface area (Å²) in [6.45, 7) is 0. The third-order valence-electron chi connectivity index (χ3n) is 4.09. The zero-order valence-electron chi connectivity index (χ0n) is 13.6. The van der Waals surface area contributed by atoms with Crippen molar-refractivity contribution in [3.63, 3.8) is 0 Å². The van der Waals surface area contributed by atoms with Crippen LogP contribution in [-0.2, 0) is 7.05 Å². The number of fused-ring (bicyclic) bond motifs is 1. The van der Waals surface area contributed by atoms with Crippen molar-refractivity contribution in [2.24, 2.45) is 7.05 Å². The predicted octanol–water partition coefficient (Wildman–Crippen LogP) is 4.01. The molecule has 0 aliphatic rings. The predicted molar refractivity (Wildman–Crippen MR) is 98.7 cm³/mol. The molecule has 4 rings (SSSR count). The molecule has 0 amide bonds. The standard InChI is InChI=1S/C19H16N4OS/c1-23-12-21-22-19(23)25-18(13-7-3-2-4-8-13)17(24)15-11-20-16-10-6-5-9-14(15)16/h2-12,18,20H,1H3/t18-/m0/s1. The van der Waals surface area contributed by atoms with Crippen LogP contribution in [0, 0.1) is 0 Å². The highest BCUT2D eigenvalue weighted by molar-refractivity contribution is 8.00. The van der Waals surface area contributed by atoms with Gasteiger partial charge in [-0.1, -0.05) is 60.3 Å². The second-order valence-electron chi connectivity index (χ2n) is 5.75. The van der Waals surface area contributed by atoms with Gasteiger partial charge in [0, 0.05) is 29.7 Å². The van der Waals surface area contributed by atoms with Crippen molar-refractivity contribution in [1.82, 2.24) is 19.7 Å². The van der Waals surface area contributed by atoms with Crippen LogP contribution in [0.5, 0.6) is 0 Å². The van der Waals surface area contributed by atoms with Gasteiger partial charge in [0.15, 0.2) is 10.9 Å². The molecule has 0 saturated heterocycles. The molecule has 0 bridgehead atoms. The van der Waals surface area contributed by atoms with E-state index in [1.165, 1.54) is 11.8 Å². The minimum Gasteiger partial charge on any atom is -0.360 e. The van der Waals surface area contributed by atoms with Crippen molar-refractivity contribution in [1.29, 1.82) is 0 Å². The highest BCUT2D eigenvalue weighted by Crippen LogP contribution is 2.37. The fraction of sp³-hybridized carbons (Fsp3) is 0.105. The number of nitrogens with one attached hydrogen (secondary N) is 1. The second-order valence-corrected chi connectivity index (χ2v) is 6.82. The number of para-hydroxylation sites is 1. The monoisotopic (exact) mass is 348 g/mol. The van der Waals surface area contributed by atoms with E-state index in [1.54, 1.807) is 12.5 Å². The summed E-state index contributed by atoms with van der Waals surface area (Å²) in [5.41, 5.74) is 2.60. The lowest BCUT2D eigenvalue weighted by atomic mass is 10.0. The van der Waals surface area contributed by atoms with Crippen molar-refractivity contribution in [3.8, 4) is 0 Å². The Labute approximate surface area is 149 Å². The molecule has 6 heteroatoms. The average molecular weight is 348 g/mol. The lowest BCUT2D eigenvalue weighted by Crippen LogP contribution is -2.10. The number of aryl methyl sites for hydroxylation is 1. The van der Waals surface area contributed by atoms with Gasteiger partial charge in [-0.15, -0.1) is 10.2 Å². The maximum absolute atomic E-state index is 13.4. The van der Waals surface area contributed by atoms with E-state index in [1.807, 2.05) is 66.2 Å². The first kappa shape index (κ1) is 15.7. The molecular formula is C19H16N4OS. The van der Waals surface area contributed by atoms with E-state index >= 15 is 0 Å². The number of carbonyl (C=O) groups is 1. The van der Waals surface area contributed by atoms with Gasteiger partial charge in [0.1, 0.15) is 11.6 Å². The molecule has 2 heterocycles. The van der Waals surface area contributed by atoms with E-state index in [9.17, 15) is 4.79 Å². The maximum atomic E-state index is 13.4.